The lowest BCUT2D eigenvalue weighted by atomic mass is 9.88. The van der Waals surface area contributed by atoms with Crippen molar-refractivity contribution in [3.8, 4) is 0 Å². The number of morpholine rings is 1. The van der Waals surface area contributed by atoms with Gasteiger partial charge in [0.1, 0.15) is 6.23 Å². The molecule has 144 valence electrons. The average molecular weight is 367 g/mol. The van der Waals surface area contributed by atoms with E-state index >= 15 is 0 Å². The number of para-hydroxylation sites is 1. The molecule has 1 atom stereocenters. The molecule has 0 saturated carbocycles. The number of likely N-dealkylation sites (tertiary alicyclic amines) is 1. The Bertz CT molecular complexity index is 699. The molecule has 4 rings (SSSR count). The smallest absolute Gasteiger partial charge is 0.114 e. The highest BCUT2D eigenvalue weighted by Crippen LogP contribution is 2.33. The Labute approximate surface area is 162 Å². The van der Waals surface area contributed by atoms with E-state index in [-0.39, 0.29) is 11.8 Å². The second-order valence-corrected chi connectivity index (χ2v) is 7.70. The van der Waals surface area contributed by atoms with Gasteiger partial charge in [-0.3, -0.25) is 4.90 Å². The summed E-state index contributed by atoms with van der Waals surface area (Å²) in [5.74, 6) is 0. The quantitative estimate of drug-likeness (QED) is 0.808. The maximum atomic E-state index is 6.33. The molecule has 27 heavy (non-hydrogen) atoms. The lowest BCUT2D eigenvalue weighted by Crippen LogP contribution is -2.58. The zero-order valence-corrected chi connectivity index (χ0v) is 16.2. The van der Waals surface area contributed by atoms with Crippen molar-refractivity contribution < 1.29 is 9.47 Å². The van der Waals surface area contributed by atoms with Crippen molar-refractivity contribution in [2.75, 3.05) is 44.8 Å². The van der Waals surface area contributed by atoms with Gasteiger partial charge >= 0.3 is 0 Å². The Hall–Kier alpha value is -1.88. The van der Waals surface area contributed by atoms with E-state index in [1.165, 1.54) is 11.3 Å². The Morgan fingerprint density at radius 1 is 0.963 bits per heavy atom. The summed E-state index contributed by atoms with van der Waals surface area (Å²) in [6.07, 6.45) is 3.19. The Morgan fingerprint density at radius 3 is 2.30 bits per heavy atom. The van der Waals surface area contributed by atoms with Crippen LogP contribution in [0.3, 0.4) is 0 Å². The number of nitrogens with zero attached hydrogens (tertiary/aromatic N) is 2. The van der Waals surface area contributed by atoms with Crippen molar-refractivity contribution >= 4 is 5.69 Å². The number of ether oxygens (including phenoxy) is 2. The van der Waals surface area contributed by atoms with Crippen LogP contribution in [0.25, 0.3) is 0 Å². The lowest BCUT2D eigenvalue weighted by molar-refractivity contribution is -0.121. The highest BCUT2D eigenvalue weighted by molar-refractivity contribution is 5.46. The van der Waals surface area contributed by atoms with Crippen molar-refractivity contribution in [1.82, 2.24) is 4.90 Å². The number of methoxy groups -OCH3 is 1. The molecule has 2 aromatic rings. The van der Waals surface area contributed by atoms with Gasteiger partial charge in [0.15, 0.2) is 0 Å². The van der Waals surface area contributed by atoms with Crippen LogP contribution in [0.4, 0.5) is 5.69 Å². The largest absolute Gasteiger partial charge is 0.371 e. The number of hydrogen-bond donors (Lipinski definition) is 0. The molecule has 0 aliphatic carbocycles. The standard InChI is InChI=1S/C23H30N2O2/c1-26-22(18-20-8-4-2-5-9-20)24-14-12-23(13-15-24)19-25(16-17-27-23)21-10-6-3-7-11-21/h2-11,22H,12-19H2,1H3. The van der Waals surface area contributed by atoms with E-state index in [0.717, 1.165) is 52.0 Å². The summed E-state index contributed by atoms with van der Waals surface area (Å²) in [7, 11) is 1.83. The normalized spacial score (nSPS) is 21.3. The maximum absolute atomic E-state index is 6.33. The number of piperidine rings is 1. The van der Waals surface area contributed by atoms with E-state index in [0.29, 0.717) is 0 Å². The maximum Gasteiger partial charge on any atom is 0.114 e. The van der Waals surface area contributed by atoms with Crippen LogP contribution in [-0.2, 0) is 15.9 Å². The second kappa shape index (κ2) is 8.42. The first kappa shape index (κ1) is 18.5. The van der Waals surface area contributed by atoms with Gasteiger partial charge in [-0.2, -0.15) is 0 Å². The van der Waals surface area contributed by atoms with Gasteiger partial charge in [-0.15, -0.1) is 0 Å². The molecule has 0 radical (unpaired) electrons. The van der Waals surface area contributed by atoms with Gasteiger partial charge in [0.05, 0.1) is 12.2 Å². The summed E-state index contributed by atoms with van der Waals surface area (Å²) in [5, 5.41) is 0. The highest BCUT2D eigenvalue weighted by atomic mass is 16.5. The van der Waals surface area contributed by atoms with E-state index in [4.69, 9.17) is 9.47 Å². The molecule has 2 heterocycles. The first-order valence-corrected chi connectivity index (χ1v) is 10.0. The molecule has 2 aliphatic rings. The monoisotopic (exact) mass is 366 g/mol. The summed E-state index contributed by atoms with van der Waals surface area (Å²) in [6.45, 7) is 4.82. The van der Waals surface area contributed by atoms with Crippen LogP contribution in [0, 0.1) is 0 Å². The number of benzene rings is 2. The van der Waals surface area contributed by atoms with Gasteiger partial charge in [0.25, 0.3) is 0 Å². The van der Waals surface area contributed by atoms with Crippen LogP contribution in [0.2, 0.25) is 0 Å². The Kier molecular flexibility index (Phi) is 5.77. The first-order valence-electron chi connectivity index (χ1n) is 10.0. The van der Waals surface area contributed by atoms with Crippen molar-refractivity contribution in [3.63, 3.8) is 0 Å². The summed E-state index contributed by atoms with van der Waals surface area (Å²) in [4.78, 5) is 4.96. The first-order chi connectivity index (χ1) is 13.3. The molecular weight excluding hydrogens is 336 g/mol. The predicted octanol–water partition coefficient (Wildman–Crippen LogP) is 3.57. The molecule has 0 amide bonds. The number of hydrogen-bond acceptors (Lipinski definition) is 4. The van der Waals surface area contributed by atoms with Crippen molar-refractivity contribution in [3.05, 3.63) is 66.2 Å². The van der Waals surface area contributed by atoms with Gasteiger partial charge in [0.2, 0.25) is 0 Å². The van der Waals surface area contributed by atoms with Gasteiger partial charge in [-0.05, 0) is 30.5 Å². The summed E-state index contributed by atoms with van der Waals surface area (Å²) >= 11 is 0. The van der Waals surface area contributed by atoms with E-state index in [2.05, 4.69) is 70.5 Å². The lowest BCUT2D eigenvalue weighted by Gasteiger charge is -2.49. The third-order valence-electron chi connectivity index (χ3n) is 6.01. The number of anilines is 1. The zero-order chi connectivity index (χ0) is 18.5. The Balaban J connectivity index is 1.37. The SMILES string of the molecule is COC(Cc1ccccc1)N1CCC2(CC1)CN(c1ccccc1)CCO2. The minimum absolute atomic E-state index is 0.0182. The van der Waals surface area contributed by atoms with Gasteiger partial charge < -0.3 is 14.4 Å². The van der Waals surface area contributed by atoms with Crippen molar-refractivity contribution in [1.29, 1.82) is 0 Å². The fourth-order valence-corrected chi connectivity index (χ4v) is 4.40. The van der Waals surface area contributed by atoms with Crippen LogP contribution in [0.5, 0.6) is 0 Å². The number of rotatable bonds is 5. The third kappa shape index (κ3) is 4.34. The minimum atomic E-state index is -0.0182. The van der Waals surface area contributed by atoms with E-state index in [9.17, 15) is 0 Å². The van der Waals surface area contributed by atoms with Crippen LogP contribution in [0.15, 0.2) is 60.7 Å². The summed E-state index contributed by atoms with van der Waals surface area (Å²) in [5.41, 5.74) is 2.62. The molecule has 2 saturated heterocycles. The molecule has 2 fully saturated rings. The topological polar surface area (TPSA) is 24.9 Å². The third-order valence-corrected chi connectivity index (χ3v) is 6.01. The average Bonchev–Trinajstić information content (AvgIpc) is 2.74. The van der Waals surface area contributed by atoms with Gasteiger partial charge in [-0.25, -0.2) is 0 Å². The van der Waals surface area contributed by atoms with Crippen molar-refractivity contribution in [2.24, 2.45) is 0 Å². The molecule has 2 aromatic carbocycles. The fraction of sp³-hybridized carbons (Fsp3) is 0.478. The van der Waals surface area contributed by atoms with Gasteiger partial charge in [0, 0.05) is 45.4 Å². The molecule has 1 unspecified atom stereocenters. The van der Waals surface area contributed by atoms with Crippen LogP contribution < -0.4 is 4.90 Å². The van der Waals surface area contributed by atoms with E-state index in [1.807, 2.05) is 7.11 Å². The molecule has 0 bridgehead atoms. The molecular formula is C23H30N2O2. The fourth-order valence-electron chi connectivity index (χ4n) is 4.40. The van der Waals surface area contributed by atoms with E-state index < -0.39 is 0 Å². The van der Waals surface area contributed by atoms with Crippen LogP contribution in [-0.4, -0.2) is 56.6 Å². The summed E-state index contributed by atoms with van der Waals surface area (Å²) < 4.78 is 12.2. The molecule has 4 heteroatoms. The minimum Gasteiger partial charge on any atom is -0.371 e. The summed E-state index contributed by atoms with van der Waals surface area (Å²) in [6, 6.07) is 21.3. The molecule has 0 N–H and O–H groups in total. The van der Waals surface area contributed by atoms with Crippen LogP contribution in [0.1, 0.15) is 18.4 Å². The van der Waals surface area contributed by atoms with E-state index in [1.54, 1.807) is 0 Å². The van der Waals surface area contributed by atoms with Crippen molar-refractivity contribution in [2.45, 2.75) is 31.1 Å². The molecule has 4 nitrogen and oxygen atoms in total. The Morgan fingerprint density at radius 2 is 1.63 bits per heavy atom. The van der Waals surface area contributed by atoms with Gasteiger partial charge in [-0.1, -0.05) is 48.5 Å². The highest BCUT2D eigenvalue weighted by Gasteiger charge is 2.41. The zero-order valence-electron chi connectivity index (χ0n) is 16.2. The second-order valence-electron chi connectivity index (χ2n) is 7.70. The van der Waals surface area contributed by atoms with Crippen LogP contribution >= 0.6 is 0 Å². The molecule has 0 aromatic heterocycles. The predicted molar refractivity (Wildman–Crippen MR) is 109 cm³/mol. The molecule has 2 aliphatic heterocycles. The molecule has 1 spiro atoms.